The van der Waals surface area contributed by atoms with E-state index in [4.69, 9.17) is 5.84 Å². The second kappa shape index (κ2) is 7.05. The summed E-state index contributed by atoms with van der Waals surface area (Å²) in [7, 11) is 1.81. The van der Waals surface area contributed by atoms with Crippen molar-refractivity contribution < 1.29 is 5.11 Å². The lowest BCUT2D eigenvalue weighted by Gasteiger charge is -2.23. The van der Waals surface area contributed by atoms with Crippen LogP contribution < -0.4 is 21.1 Å². The second-order valence-electron chi connectivity index (χ2n) is 4.31. The van der Waals surface area contributed by atoms with E-state index in [0.29, 0.717) is 24.4 Å². The zero-order chi connectivity index (χ0) is 14.4. The molecule has 0 amide bonds. The normalized spacial score (nSPS) is 12.1. The SMILES string of the molecule is CCN(CC)c1nc(NN)nc(N(C)CC(C)O)n1. The minimum absolute atomic E-state index is 0.310. The van der Waals surface area contributed by atoms with Gasteiger partial charge in [0.05, 0.1) is 6.10 Å². The fourth-order valence-electron chi connectivity index (χ4n) is 1.72. The van der Waals surface area contributed by atoms with Crippen molar-refractivity contribution in [3.05, 3.63) is 0 Å². The number of hydrogen-bond donors (Lipinski definition) is 3. The molecule has 0 saturated carbocycles. The number of hydrogen-bond acceptors (Lipinski definition) is 8. The number of aromatic nitrogens is 3. The molecule has 19 heavy (non-hydrogen) atoms. The van der Waals surface area contributed by atoms with Crippen molar-refractivity contribution in [3.8, 4) is 0 Å². The lowest BCUT2D eigenvalue weighted by atomic mass is 10.4. The lowest BCUT2D eigenvalue weighted by Crippen LogP contribution is -2.31. The topological polar surface area (TPSA) is 103 Å². The van der Waals surface area contributed by atoms with Gasteiger partial charge in [-0.3, -0.25) is 5.43 Å². The molecular formula is C11H23N7O. The smallest absolute Gasteiger partial charge is 0.243 e. The highest BCUT2D eigenvalue weighted by molar-refractivity contribution is 5.44. The highest BCUT2D eigenvalue weighted by Gasteiger charge is 2.14. The first-order valence-electron chi connectivity index (χ1n) is 6.38. The van der Waals surface area contributed by atoms with Crippen LogP contribution in [0, 0.1) is 0 Å². The Morgan fingerprint density at radius 1 is 1.21 bits per heavy atom. The van der Waals surface area contributed by atoms with Crippen LogP contribution in [0.5, 0.6) is 0 Å². The third-order valence-corrected chi connectivity index (χ3v) is 2.67. The van der Waals surface area contributed by atoms with Gasteiger partial charge in [0.15, 0.2) is 0 Å². The molecule has 1 atom stereocenters. The standard InChI is InChI=1S/C11H23N7O/c1-5-18(6-2)11-14-9(16-12)13-10(15-11)17(4)7-8(3)19/h8,19H,5-7,12H2,1-4H3,(H,13,14,15,16). The number of aliphatic hydroxyl groups excluding tert-OH is 1. The summed E-state index contributed by atoms with van der Waals surface area (Å²) in [5, 5.41) is 9.42. The molecule has 0 spiro atoms. The summed E-state index contributed by atoms with van der Waals surface area (Å²) in [6.45, 7) is 7.80. The number of rotatable bonds is 7. The van der Waals surface area contributed by atoms with Crippen molar-refractivity contribution in [2.75, 3.05) is 41.9 Å². The molecule has 8 heteroatoms. The molecule has 0 aliphatic rings. The van der Waals surface area contributed by atoms with Crippen LogP contribution in [0.25, 0.3) is 0 Å². The number of nitrogens with zero attached hydrogens (tertiary/aromatic N) is 5. The van der Waals surface area contributed by atoms with Crippen LogP contribution in [-0.4, -0.2) is 52.8 Å². The molecule has 1 rings (SSSR count). The number of nitrogens with two attached hydrogens (primary N) is 1. The zero-order valence-electron chi connectivity index (χ0n) is 12.0. The van der Waals surface area contributed by atoms with Crippen LogP contribution in [0.2, 0.25) is 0 Å². The summed E-state index contributed by atoms with van der Waals surface area (Å²) >= 11 is 0. The third-order valence-electron chi connectivity index (χ3n) is 2.67. The number of anilines is 3. The van der Waals surface area contributed by atoms with Gasteiger partial charge in [0, 0.05) is 26.7 Å². The maximum Gasteiger partial charge on any atom is 0.243 e. The van der Waals surface area contributed by atoms with Crippen LogP contribution >= 0.6 is 0 Å². The average Bonchev–Trinajstić information content (AvgIpc) is 2.39. The van der Waals surface area contributed by atoms with E-state index in [9.17, 15) is 5.11 Å². The van der Waals surface area contributed by atoms with E-state index in [1.165, 1.54) is 0 Å². The van der Waals surface area contributed by atoms with E-state index in [0.717, 1.165) is 13.1 Å². The maximum absolute atomic E-state index is 9.42. The summed E-state index contributed by atoms with van der Waals surface area (Å²) in [6.07, 6.45) is -0.465. The maximum atomic E-state index is 9.42. The van der Waals surface area contributed by atoms with Crippen LogP contribution in [0.15, 0.2) is 0 Å². The van der Waals surface area contributed by atoms with Crippen LogP contribution in [0.3, 0.4) is 0 Å². The zero-order valence-corrected chi connectivity index (χ0v) is 12.0. The van der Waals surface area contributed by atoms with E-state index in [2.05, 4.69) is 20.4 Å². The average molecular weight is 269 g/mol. The molecule has 0 aromatic carbocycles. The van der Waals surface area contributed by atoms with Crippen molar-refractivity contribution >= 4 is 17.8 Å². The first-order chi connectivity index (χ1) is 9.01. The van der Waals surface area contributed by atoms with E-state index >= 15 is 0 Å². The lowest BCUT2D eigenvalue weighted by molar-refractivity contribution is 0.201. The largest absolute Gasteiger partial charge is 0.392 e. The number of likely N-dealkylation sites (N-methyl/N-ethyl adjacent to an activating group) is 1. The van der Waals surface area contributed by atoms with Gasteiger partial charge in [-0.25, -0.2) is 5.84 Å². The molecule has 0 aliphatic carbocycles. The summed E-state index contributed by atoms with van der Waals surface area (Å²) in [5.74, 6) is 6.74. The molecule has 0 fully saturated rings. The minimum Gasteiger partial charge on any atom is -0.392 e. The fourth-order valence-corrected chi connectivity index (χ4v) is 1.72. The van der Waals surface area contributed by atoms with Crippen LogP contribution in [0.4, 0.5) is 17.8 Å². The highest BCUT2D eigenvalue weighted by atomic mass is 16.3. The number of aliphatic hydroxyl groups is 1. The molecule has 1 heterocycles. The Morgan fingerprint density at radius 3 is 2.26 bits per heavy atom. The monoisotopic (exact) mass is 269 g/mol. The van der Waals surface area contributed by atoms with Crippen molar-refractivity contribution in [2.45, 2.75) is 26.9 Å². The molecule has 0 radical (unpaired) electrons. The molecule has 1 aromatic rings. The molecular weight excluding hydrogens is 246 g/mol. The summed E-state index contributed by atoms with van der Waals surface area (Å²) in [6, 6.07) is 0. The predicted molar refractivity (Wildman–Crippen MR) is 76.1 cm³/mol. The molecule has 0 bridgehead atoms. The van der Waals surface area contributed by atoms with E-state index in [1.807, 2.05) is 25.8 Å². The quantitative estimate of drug-likeness (QED) is 0.463. The van der Waals surface area contributed by atoms with Crippen LogP contribution in [-0.2, 0) is 0 Å². The van der Waals surface area contributed by atoms with Gasteiger partial charge >= 0.3 is 0 Å². The van der Waals surface area contributed by atoms with Gasteiger partial charge in [0.2, 0.25) is 17.8 Å². The predicted octanol–water partition coefficient (Wildman–Crippen LogP) is -0.180. The van der Waals surface area contributed by atoms with Crippen molar-refractivity contribution in [2.24, 2.45) is 5.84 Å². The van der Waals surface area contributed by atoms with Crippen molar-refractivity contribution in [1.29, 1.82) is 0 Å². The van der Waals surface area contributed by atoms with E-state index in [-0.39, 0.29) is 0 Å². The molecule has 8 nitrogen and oxygen atoms in total. The van der Waals surface area contributed by atoms with Gasteiger partial charge in [0.1, 0.15) is 0 Å². The summed E-state index contributed by atoms with van der Waals surface area (Å²) in [4.78, 5) is 16.6. The first-order valence-corrected chi connectivity index (χ1v) is 6.38. The number of nitrogens with one attached hydrogen (secondary N) is 1. The molecule has 1 unspecified atom stereocenters. The van der Waals surface area contributed by atoms with E-state index in [1.54, 1.807) is 11.8 Å². The van der Waals surface area contributed by atoms with Crippen molar-refractivity contribution in [3.63, 3.8) is 0 Å². The Bertz CT molecular complexity index is 395. The van der Waals surface area contributed by atoms with E-state index < -0.39 is 6.10 Å². The van der Waals surface area contributed by atoms with Gasteiger partial charge in [0.25, 0.3) is 0 Å². The highest BCUT2D eigenvalue weighted by Crippen LogP contribution is 2.15. The Balaban J connectivity index is 3.07. The van der Waals surface area contributed by atoms with Gasteiger partial charge < -0.3 is 14.9 Å². The Morgan fingerprint density at radius 2 is 1.79 bits per heavy atom. The van der Waals surface area contributed by atoms with Gasteiger partial charge in [-0.05, 0) is 20.8 Å². The van der Waals surface area contributed by atoms with Crippen molar-refractivity contribution in [1.82, 2.24) is 15.0 Å². The summed E-state index contributed by atoms with van der Waals surface area (Å²) in [5.41, 5.74) is 2.44. The fraction of sp³-hybridized carbons (Fsp3) is 0.727. The van der Waals surface area contributed by atoms with Gasteiger partial charge in [-0.1, -0.05) is 0 Å². The number of nitrogen functional groups attached to an aromatic ring is 1. The molecule has 4 N–H and O–H groups in total. The van der Waals surface area contributed by atoms with Gasteiger partial charge in [-0.15, -0.1) is 0 Å². The Hall–Kier alpha value is -1.67. The van der Waals surface area contributed by atoms with Crippen LogP contribution in [0.1, 0.15) is 20.8 Å². The number of hydrazine groups is 1. The second-order valence-corrected chi connectivity index (χ2v) is 4.31. The Kier molecular flexibility index (Phi) is 5.71. The molecule has 0 saturated heterocycles. The minimum atomic E-state index is -0.465. The molecule has 108 valence electrons. The molecule has 0 aliphatic heterocycles. The van der Waals surface area contributed by atoms with Gasteiger partial charge in [-0.2, -0.15) is 15.0 Å². The summed E-state index contributed by atoms with van der Waals surface area (Å²) < 4.78 is 0. The Labute approximate surface area is 113 Å². The first kappa shape index (κ1) is 15.4. The molecule has 1 aromatic heterocycles. The third kappa shape index (κ3) is 4.18.